The van der Waals surface area contributed by atoms with E-state index in [0.717, 1.165) is 50.6 Å². The molecule has 1 saturated heterocycles. The van der Waals surface area contributed by atoms with E-state index in [4.69, 9.17) is 4.74 Å². The molecular weight excluding hydrogens is 254 g/mol. The van der Waals surface area contributed by atoms with Crippen molar-refractivity contribution in [3.05, 3.63) is 23.8 Å². The minimum absolute atomic E-state index is 0.0757. The van der Waals surface area contributed by atoms with Gasteiger partial charge < -0.3 is 20.3 Å². The molecule has 0 unspecified atom stereocenters. The van der Waals surface area contributed by atoms with Gasteiger partial charge >= 0.3 is 0 Å². The van der Waals surface area contributed by atoms with E-state index in [1.807, 2.05) is 12.1 Å². The van der Waals surface area contributed by atoms with Crippen LogP contribution in [0.4, 0.5) is 5.69 Å². The standard InChI is InChI=1S/C15H21N3O2/c19-15-11-20-14-3-2-12(10-13(14)17-15)4-8-18-7-1-5-16-6-9-18/h2-3,10,16H,1,4-9,11H2,(H,17,19). The smallest absolute Gasteiger partial charge is 0.262 e. The van der Waals surface area contributed by atoms with Gasteiger partial charge in [0.15, 0.2) is 6.61 Å². The number of ether oxygens (including phenoxy) is 1. The van der Waals surface area contributed by atoms with E-state index in [1.54, 1.807) is 0 Å². The van der Waals surface area contributed by atoms with E-state index in [9.17, 15) is 4.79 Å². The van der Waals surface area contributed by atoms with E-state index < -0.39 is 0 Å². The maximum Gasteiger partial charge on any atom is 0.262 e. The van der Waals surface area contributed by atoms with Gasteiger partial charge in [-0.3, -0.25) is 4.79 Å². The highest BCUT2D eigenvalue weighted by atomic mass is 16.5. The molecule has 2 heterocycles. The number of fused-ring (bicyclic) bond motifs is 1. The molecule has 2 aliphatic heterocycles. The lowest BCUT2D eigenvalue weighted by atomic mass is 10.1. The Kier molecular flexibility index (Phi) is 4.18. The van der Waals surface area contributed by atoms with Gasteiger partial charge in [-0.15, -0.1) is 0 Å². The lowest BCUT2D eigenvalue weighted by Crippen LogP contribution is -2.30. The highest BCUT2D eigenvalue weighted by Gasteiger charge is 2.16. The van der Waals surface area contributed by atoms with Crippen LogP contribution in [0, 0.1) is 0 Å². The number of carbonyl (C=O) groups is 1. The summed E-state index contributed by atoms with van der Waals surface area (Å²) in [6, 6.07) is 6.07. The molecule has 5 nitrogen and oxygen atoms in total. The Labute approximate surface area is 119 Å². The number of benzene rings is 1. The third-order valence-electron chi connectivity index (χ3n) is 3.83. The quantitative estimate of drug-likeness (QED) is 0.859. The molecule has 0 saturated carbocycles. The van der Waals surface area contributed by atoms with Gasteiger partial charge in [0.05, 0.1) is 5.69 Å². The molecule has 108 valence electrons. The number of carbonyl (C=O) groups excluding carboxylic acids is 1. The Bertz CT molecular complexity index is 482. The summed E-state index contributed by atoms with van der Waals surface area (Å²) in [4.78, 5) is 13.8. The number of hydrogen-bond acceptors (Lipinski definition) is 4. The topological polar surface area (TPSA) is 53.6 Å². The Morgan fingerprint density at radius 1 is 1.25 bits per heavy atom. The number of amides is 1. The van der Waals surface area contributed by atoms with E-state index in [1.165, 1.54) is 12.0 Å². The highest BCUT2D eigenvalue weighted by molar-refractivity contribution is 5.95. The summed E-state index contributed by atoms with van der Waals surface area (Å²) in [5.74, 6) is 0.695. The molecule has 1 aromatic rings. The molecular formula is C15H21N3O2. The number of hydrogen-bond donors (Lipinski definition) is 2. The third kappa shape index (κ3) is 3.29. The fourth-order valence-electron chi connectivity index (χ4n) is 2.70. The number of nitrogens with zero attached hydrogens (tertiary/aromatic N) is 1. The van der Waals surface area contributed by atoms with Crippen LogP contribution in [-0.4, -0.2) is 50.1 Å². The summed E-state index contributed by atoms with van der Waals surface area (Å²) >= 11 is 0. The molecule has 0 bridgehead atoms. The van der Waals surface area contributed by atoms with Crippen LogP contribution in [0.3, 0.4) is 0 Å². The maximum atomic E-state index is 11.3. The van der Waals surface area contributed by atoms with Crippen LogP contribution in [0.1, 0.15) is 12.0 Å². The van der Waals surface area contributed by atoms with Gasteiger partial charge in [-0.1, -0.05) is 6.07 Å². The van der Waals surface area contributed by atoms with Crippen LogP contribution < -0.4 is 15.4 Å². The Hall–Kier alpha value is -1.59. The average Bonchev–Trinajstić information content (AvgIpc) is 2.73. The zero-order valence-corrected chi connectivity index (χ0v) is 11.7. The molecule has 5 heteroatoms. The molecule has 0 radical (unpaired) electrons. The number of rotatable bonds is 3. The van der Waals surface area contributed by atoms with E-state index >= 15 is 0 Å². The molecule has 0 aliphatic carbocycles. The highest BCUT2D eigenvalue weighted by Crippen LogP contribution is 2.28. The van der Waals surface area contributed by atoms with Crippen LogP contribution in [0.15, 0.2) is 18.2 Å². The molecule has 1 amide bonds. The SMILES string of the molecule is O=C1COc2ccc(CCN3CCCNCC3)cc2N1. The summed E-state index contributed by atoms with van der Waals surface area (Å²) in [5, 5.41) is 6.28. The first-order valence-corrected chi connectivity index (χ1v) is 7.30. The van der Waals surface area contributed by atoms with Crippen molar-refractivity contribution >= 4 is 11.6 Å². The number of nitrogens with one attached hydrogen (secondary N) is 2. The fraction of sp³-hybridized carbons (Fsp3) is 0.533. The predicted molar refractivity (Wildman–Crippen MR) is 78.2 cm³/mol. The van der Waals surface area contributed by atoms with Crippen molar-refractivity contribution in [3.63, 3.8) is 0 Å². The zero-order valence-electron chi connectivity index (χ0n) is 11.7. The molecule has 0 aromatic heterocycles. The Morgan fingerprint density at radius 3 is 3.15 bits per heavy atom. The van der Waals surface area contributed by atoms with Crippen molar-refractivity contribution in [1.82, 2.24) is 10.2 Å². The van der Waals surface area contributed by atoms with Gasteiger partial charge in [0, 0.05) is 19.6 Å². The monoisotopic (exact) mass is 275 g/mol. The lowest BCUT2D eigenvalue weighted by Gasteiger charge is -2.21. The second-order valence-electron chi connectivity index (χ2n) is 5.36. The first-order chi connectivity index (χ1) is 9.81. The molecule has 0 atom stereocenters. The second kappa shape index (κ2) is 6.24. The van der Waals surface area contributed by atoms with Crippen molar-refractivity contribution in [3.8, 4) is 5.75 Å². The first kappa shape index (κ1) is 13.4. The molecule has 1 aromatic carbocycles. The van der Waals surface area contributed by atoms with Gasteiger partial charge in [0.1, 0.15) is 5.75 Å². The van der Waals surface area contributed by atoms with E-state index in [-0.39, 0.29) is 12.5 Å². The van der Waals surface area contributed by atoms with Gasteiger partial charge in [0.2, 0.25) is 0 Å². The average molecular weight is 275 g/mol. The molecule has 20 heavy (non-hydrogen) atoms. The van der Waals surface area contributed by atoms with E-state index in [2.05, 4.69) is 21.6 Å². The fourth-order valence-corrected chi connectivity index (χ4v) is 2.70. The molecule has 3 rings (SSSR count). The lowest BCUT2D eigenvalue weighted by molar-refractivity contribution is -0.118. The molecule has 0 spiro atoms. The van der Waals surface area contributed by atoms with Crippen LogP contribution in [0.2, 0.25) is 0 Å². The summed E-state index contributed by atoms with van der Waals surface area (Å²) in [6.07, 6.45) is 2.22. The van der Waals surface area contributed by atoms with Crippen molar-refractivity contribution in [2.75, 3.05) is 44.6 Å². The molecule has 2 aliphatic rings. The van der Waals surface area contributed by atoms with Crippen LogP contribution in [0.25, 0.3) is 0 Å². The Morgan fingerprint density at radius 2 is 2.20 bits per heavy atom. The minimum Gasteiger partial charge on any atom is -0.482 e. The van der Waals surface area contributed by atoms with Gasteiger partial charge in [-0.2, -0.15) is 0 Å². The van der Waals surface area contributed by atoms with Crippen LogP contribution in [-0.2, 0) is 11.2 Å². The third-order valence-corrected chi connectivity index (χ3v) is 3.83. The zero-order chi connectivity index (χ0) is 13.8. The first-order valence-electron chi connectivity index (χ1n) is 7.30. The minimum atomic E-state index is -0.0757. The summed E-state index contributed by atoms with van der Waals surface area (Å²) in [7, 11) is 0. The summed E-state index contributed by atoms with van der Waals surface area (Å²) in [6.45, 7) is 5.66. The van der Waals surface area contributed by atoms with Crippen LogP contribution >= 0.6 is 0 Å². The molecule has 1 fully saturated rings. The maximum absolute atomic E-state index is 11.3. The van der Waals surface area contributed by atoms with E-state index in [0.29, 0.717) is 0 Å². The van der Waals surface area contributed by atoms with Gasteiger partial charge in [0.25, 0.3) is 5.91 Å². The summed E-state index contributed by atoms with van der Waals surface area (Å²) in [5.41, 5.74) is 2.04. The van der Waals surface area contributed by atoms with Gasteiger partial charge in [-0.25, -0.2) is 0 Å². The van der Waals surface area contributed by atoms with Crippen molar-refractivity contribution in [2.24, 2.45) is 0 Å². The second-order valence-corrected chi connectivity index (χ2v) is 5.36. The van der Waals surface area contributed by atoms with Gasteiger partial charge in [-0.05, 0) is 43.6 Å². The van der Waals surface area contributed by atoms with Crippen molar-refractivity contribution in [1.29, 1.82) is 0 Å². The van der Waals surface area contributed by atoms with Crippen molar-refractivity contribution < 1.29 is 9.53 Å². The normalized spacial score (nSPS) is 19.7. The summed E-state index contributed by atoms with van der Waals surface area (Å²) < 4.78 is 5.37. The largest absolute Gasteiger partial charge is 0.482 e. The number of anilines is 1. The molecule has 2 N–H and O–H groups in total. The Balaban J connectivity index is 1.60. The van der Waals surface area contributed by atoms with Crippen molar-refractivity contribution in [2.45, 2.75) is 12.8 Å². The van der Waals surface area contributed by atoms with Crippen LogP contribution in [0.5, 0.6) is 5.75 Å². The predicted octanol–water partition coefficient (Wildman–Crippen LogP) is 0.855.